The number of nitrogens with one attached hydrogen (secondary N) is 1. The zero-order valence-corrected chi connectivity index (χ0v) is 17.7. The van der Waals surface area contributed by atoms with Crippen LogP contribution in [0.1, 0.15) is 21.3 Å². The molecule has 1 aliphatic heterocycles. The van der Waals surface area contributed by atoms with Crippen molar-refractivity contribution in [2.24, 2.45) is 0 Å². The van der Waals surface area contributed by atoms with Gasteiger partial charge in [0.2, 0.25) is 5.75 Å². The Kier molecular flexibility index (Phi) is 6.39. The van der Waals surface area contributed by atoms with Crippen LogP contribution in [0.5, 0.6) is 17.2 Å². The van der Waals surface area contributed by atoms with Gasteiger partial charge in [-0.25, -0.2) is 5.01 Å². The standard InChI is InChI=1S/C19H20N4O7S/c1-28-14-6-10(7-15(29-2)17(14)30-3)19-22(16(24)9-31-19)21-18(25)12-8-11(23(26)27)4-5-13(12)20/h4-8,19H,9,20H2,1-3H3,(H,21,25). The third kappa shape index (κ3) is 4.28. The number of methoxy groups -OCH3 is 3. The van der Waals surface area contributed by atoms with Crippen LogP contribution in [0.3, 0.4) is 0 Å². The van der Waals surface area contributed by atoms with Gasteiger partial charge in [0.15, 0.2) is 11.5 Å². The van der Waals surface area contributed by atoms with Gasteiger partial charge in [-0.1, -0.05) is 0 Å². The first kappa shape index (κ1) is 22.0. The van der Waals surface area contributed by atoms with E-state index in [9.17, 15) is 19.7 Å². The predicted octanol–water partition coefficient (Wildman–Crippen LogP) is 2.12. The Morgan fingerprint density at radius 1 is 1.19 bits per heavy atom. The summed E-state index contributed by atoms with van der Waals surface area (Å²) in [5.74, 6) is 0.210. The smallest absolute Gasteiger partial charge is 0.272 e. The molecule has 0 spiro atoms. The highest BCUT2D eigenvalue weighted by atomic mass is 32.2. The first-order chi connectivity index (χ1) is 14.8. The molecule has 1 atom stereocenters. The highest BCUT2D eigenvalue weighted by molar-refractivity contribution is 8.00. The summed E-state index contributed by atoms with van der Waals surface area (Å²) in [6, 6.07) is 6.88. The summed E-state index contributed by atoms with van der Waals surface area (Å²) in [4.78, 5) is 35.7. The van der Waals surface area contributed by atoms with Crippen molar-refractivity contribution in [3.63, 3.8) is 0 Å². The van der Waals surface area contributed by atoms with E-state index in [1.807, 2.05) is 0 Å². The maximum absolute atomic E-state index is 12.8. The molecule has 1 unspecified atom stereocenters. The molecule has 1 heterocycles. The molecule has 2 aromatic rings. The topological polar surface area (TPSA) is 146 Å². The summed E-state index contributed by atoms with van der Waals surface area (Å²) < 4.78 is 16.0. The number of carbonyl (C=O) groups is 2. The molecule has 31 heavy (non-hydrogen) atoms. The number of nitrogen functional groups attached to an aromatic ring is 1. The van der Waals surface area contributed by atoms with Gasteiger partial charge in [0.25, 0.3) is 17.5 Å². The van der Waals surface area contributed by atoms with Gasteiger partial charge in [-0.15, -0.1) is 11.8 Å². The lowest BCUT2D eigenvalue weighted by atomic mass is 10.1. The molecular formula is C19H20N4O7S. The number of benzene rings is 2. The molecule has 0 aliphatic carbocycles. The number of nitro benzene ring substituents is 1. The maximum Gasteiger partial charge on any atom is 0.272 e. The number of hydrazine groups is 1. The van der Waals surface area contributed by atoms with Crippen LogP contribution in [0.2, 0.25) is 0 Å². The minimum absolute atomic E-state index is 0.0479. The van der Waals surface area contributed by atoms with E-state index in [0.29, 0.717) is 22.8 Å². The molecule has 2 amide bonds. The lowest BCUT2D eigenvalue weighted by molar-refractivity contribution is -0.384. The molecular weight excluding hydrogens is 428 g/mol. The van der Waals surface area contributed by atoms with Gasteiger partial charge >= 0.3 is 0 Å². The number of carbonyl (C=O) groups excluding carboxylic acids is 2. The van der Waals surface area contributed by atoms with Gasteiger partial charge in [-0.3, -0.25) is 25.1 Å². The quantitative estimate of drug-likeness (QED) is 0.369. The average Bonchev–Trinajstić information content (AvgIpc) is 3.12. The zero-order valence-electron chi connectivity index (χ0n) is 16.9. The summed E-state index contributed by atoms with van der Waals surface area (Å²) in [6.07, 6.45) is 0. The first-order valence-corrected chi connectivity index (χ1v) is 9.94. The van der Waals surface area contributed by atoms with Crippen molar-refractivity contribution < 1.29 is 28.7 Å². The Morgan fingerprint density at radius 2 is 1.84 bits per heavy atom. The van der Waals surface area contributed by atoms with Crippen molar-refractivity contribution in [1.82, 2.24) is 10.4 Å². The maximum atomic E-state index is 12.8. The van der Waals surface area contributed by atoms with Crippen LogP contribution in [-0.2, 0) is 4.79 Å². The Hall–Kier alpha value is -3.67. The highest BCUT2D eigenvalue weighted by Crippen LogP contribution is 2.45. The fraction of sp³-hybridized carbons (Fsp3) is 0.263. The Bertz CT molecular complexity index is 1020. The molecule has 11 nitrogen and oxygen atoms in total. The molecule has 2 aromatic carbocycles. The van der Waals surface area contributed by atoms with Crippen molar-refractivity contribution in [2.45, 2.75) is 5.37 Å². The van der Waals surface area contributed by atoms with Crippen LogP contribution in [0.15, 0.2) is 30.3 Å². The lowest BCUT2D eigenvalue weighted by Crippen LogP contribution is -2.44. The number of amides is 2. The minimum atomic E-state index is -0.741. The lowest BCUT2D eigenvalue weighted by Gasteiger charge is -2.26. The summed E-state index contributed by atoms with van der Waals surface area (Å²) in [5.41, 5.74) is 8.60. The van der Waals surface area contributed by atoms with E-state index in [2.05, 4.69) is 5.43 Å². The predicted molar refractivity (Wildman–Crippen MR) is 113 cm³/mol. The van der Waals surface area contributed by atoms with Gasteiger partial charge in [-0.2, -0.15) is 0 Å². The molecule has 1 saturated heterocycles. The van der Waals surface area contributed by atoms with Gasteiger partial charge in [0, 0.05) is 17.8 Å². The van der Waals surface area contributed by atoms with Crippen molar-refractivity contribution in [1.29, 1.82) is 0 Å². The molecule has 164 valence electrons. The number of hydrogen-bond acceptors (Lipinski definition) is 9. The summed E-state index contributed by atoms with van der Waals surface area (Å²) >= 11 is 1.28. The summed E-state index contributed by atoms with van der Waals surface area (Å²) in [6.45, 7) is 0. The third-order valence-electron chi connectivity index (χ3n) is 4.55. The second-order valence-corrected chi connectivity index (χ2v) is 7.42. The van der Waals surface area contributed by atoms with Crippen LogP contribution in [0, 0.1) is 10.1 Å². The molecule has 3 rings (SSSR count). The molecule has 0 bridgehead atoms. The fourth-order valence-corrected chi connectivity index (χ4v) is 4.15. The van der Waals surface area contributed by atoms with E-state index in [1.165, 1.54) is 45.2 Å². The number of ether oxygens (including phenoxy) is 3. The molecule has 0 aromatic heterocycles. The van der Waals surface area contributed by atoms with Crippen molar-refractivity contribution in [2.75, 3.05) is 32.8 Å². The summed E-state index contributed by atoms with van der Waals surface area (Å²) in [5, 5.41) is 11.6. The van der Waals surface area contributed by atoms with Crippen molar-refractivity contribution in [3.8, 4) is 17.2 Å². The van der Waals surface area contributed by atoms with Crippen LogP contribution < -0.4 is 25.4 Å². The average molecular weight is 448 g/mol. The Balaban J connectivity index is 1.93. The van der Waals surface area contributed by atoms with E-state index < -0.39 is 16.2 Å². The highest BCUT2D eigenvalue weighted by Gasteiger charge is 2.36. The van der Waals surface area contributed by atoms with E-state index >= 15 is 0 Å². The molecule has 1 aliphatic rings. The molecule has 12 heteroatoms. The summed E-state index contributed by atoms with van der Waals surface area (Å²) in [7, 11) is 4.42. The number of hydrogen-bond donors (Lipinski definition) is 2. The van der Waals surface area contributed by atoms with Gasteiger partial charge < -0.3 is 19.9 Å². The second-order valence-electron chi connectivity index (χ2n) is 6.36. The number of nitrogens with zero attached hydrogens (tertiary/aromatic N) is 2. The number of anilines is 1. The molecule has 1 fully saturated rings. The van der Waals surface area contributed by atoms with Crippen LogP contribution in [0.4, 0.5) is 11.4 Å². The SMILES string of the molecule is COc1cc(C2SCC(=O)N2NC(=O)c2cc([N+](=O)[O-])ccc2N)cc(OC)c1OC. The Morgan fingerprint density at radius 3 is 2.39 bits per heavy atom. The number of nitro groups is 1. The fourth-order valence-electron chi connectivity index (χ4n) is 3.06. The third-order valence-corrected chi connectivity index (χ3v) is 5.77. The van der Waals surface area contributed by atoms with E-state index in [4.69, 9.17) is 19.9 Å². The van der Waals surface area contributed by atoms with Gasteiger partial charge in [0.05, 0.1) is 37.6 Å². The number of nitrogens with two attached hydrogens (primary N) is 1. The van der Waals surface area contributed by atoms with Crippen molar-refractivity contribution >= 4 is 35.0 Å². The molecule has 3 N–H and O–H groups in total. The first-order valence-electron chi connectivity index (χ1n) is 8.89. The number of non-ortho nitro benzene ring substituents is 1. The molecule has 0 saturated carbocycles. The zero-order chi connectivity index (χ0) is 22.7. The van der Waals surface area contributed by atoms with E-state index in [-0.39, 0.29) is 28.6 Å². The second kappa shape index (κ2) is 9.00. The van der Waals surface area contributed by atoms with Crippen molar-refractivity contribution in [3.05, 3.63) is 51.6 Å². The minimum Gasteiger partial charge on any atom is -0.493 e. The number of rotatable bonds is 7. The molecule has 0 radical (unpaired) electrons. The Labute approximate surface area is 181 Å². The van der Waals surface area contributed by atoms with Crippen LogP contribution in [0.25, 0.3) is 0 Å². The van der Waals surface area contributed by atoms with Crippen LogP contribution in [-0.4, -0.2) is 48.8 Å². The van der Waals surface area contributed by atoms with Crippen LogP contribution >= 0.6 is 11.8 Å². The number of thioether (sulfide) groups is 1. The van der Waals surface area contributed by atoms with Gasteiger partial charge in [0.1, 0.15) is 5.37 Å². The van der Waals surface area contributed by atoms with E-state index in [1.54, 1.807) is 12.1 Å². The normalized spacial score (nSPS) is 15.5. The van der Waals surface area contributed by atoms with E-state index in [0.717, 1.165) is 11.1 Å². The monoisotopic (exact) mass is 448 g/mol. The largest absolute Gasteiger partial charge is 0.493 e. The van der Waals surface area contributed by atoms with Gasteiger partial charge in [-0.05, 0) is 23.8 Å².